The maximum absolute atomic E-state index is 12.6. The van der Waals surface area contributed by atoms with Crippen molar-refractivity contribution < 1.29 is 8.42 Å². The number of aromatic nitrogens is 4. The number of benzene rings is 1. The number of rotatable bonds is 9. The second-order valence-corrected chi connectivity index (χ2v) is 11.9. The molecule has 0 saturated heterocycles. The van der Waals surface area contributed by atoms with Crippen LogP contribution >= 0.6 is 11.6 Å². The first-order valence-corrected chi connectivity index (χ1v) is 14.5. The van der Waals surface area contributed by atoms with E-state index in [4.69, 9.17) is 27.3 Å². The molecule has 2 aliphatic rings. The van der Waals surface area contributed by atoms with Gasteiger partial charge in [0.25, 0.3) is 0 Å². The first-order chi connectivity index (χ1) is 17.4. The monoisotopic (exact) mass is 532 g/mol. The Morgan fingerprint density at radius 1 is 1.00 bits per heavy atom. The second kappa shape index (κ2) is 10.9. The number of halogens is 1. The van der Waals surface area contributed by atoms with Crippen molar-refractivity contribution in [3.63, 3.8) is 0 Å². The molecule has 2 fully saturated rings. The number of sulfonamides is 1. The van der Waals surface area contributed by atoms with Gasteiger partial charge in [0.2, 0.25) is 16.0 Å². The number of nitrogens with zero attached hydrogens (tertiary/aromatic N) is 4. The Balaban J connectivity index is 1.32. The van der Waals surface area contributed by atoms with Crippen molar-refractivity contribution in [2.45, 2.75) is 74.4 Å². The Morgan fingerprint density at radius 3 is 2.44 bits per heavy atom. The van der Waals surface area contributed by atoms with Gasteiger partial charge in [0.05, 0.1) is 11.2 Å². The summed E-state index contributed by atoms with van der Waals surface area (Å²) in [5.41, 5.74) is 7.57. The minimum absolute atomic E-state index is 0.172. The minimum Gasteiger partial charge on any atom is -0.367 e. The van der Waals surface area contributed by atoms with E-state index in [0.717, 1.165) is 44.2 Å². The summed E-state index contributed by atoms with van der Waals surface area (Å²) in [6, 6.07) is 7.02. The first kappa shape index (κ1) is 25.2. The predicted octanol–water partition coefficient (Wildman–Crippen LogP) is 3.67. The van der Waals surface area contributed by atoms with Gasteiger partial charge in [-0.2, -0.15) is 9.97 Å². The number of imidazole rings is 1. The van der Waals surface area contributed by atoms with E-state index in [1.54, 1.807) is 12.1 Å². The number of nitrogens with one attached hydrogen (secondary N) is 3. The van der Waals surface area contributed by atoms with Gasteiger partial charge in [-0.15, -0.1) is 0 Å². The zero-order valence-electron chi connectivity index (χ0n) is 20.2. The molecule has 10 nitrogen and oxygen atoms in total. The normalized spacial score (nSPS) is 21.2. The van der Waals surface area contributed by atoms with E-state index in [9.17, 15) is 8.42 Å². The van der Waals surface area contributed by atoms with Crippen molar-refractivity contribution in [1.82, 2.24) is 24.2 Å². The molecule has 0 radical (unpaired) electrons. The van der Waals surface area contributed by atoms with E-state index in [-0.39, 0.29) is 23.5 Å². The standard InChI is InChI=1S/C24H33ClN8O2S/c25-16-5-11-20(12-6-16)36(34,35)29-14-13-27-22-21-23(33(15-28-21)19-3-1-2-4-19)32-24(31-22)30-18-9-7-17(26)8-10-18/h5-6,11-12,15,17-19,29H,1-4,7-10,13-14,26H2,(H2,27,30,31,32)/t17-,18-. The zero-order chi connectivity index (χ0) is 25.1. The molecule has 3 aromatic rings. The van der Waals surface area contributed by atoms with Crippen LogP contribution in [0.4, 0.5) is 11.8 Å². The van der Waals surface area contributed by atoms with Crippen LogP contribution < -0.4 is 21.1 Å². The van der Waals surface area contributed by atoms with Crippen molar-refractivity contribution >= 4 is 44.6 Å². The fourth-order valence-corrected chi connectivity index (χ4v) is 6.22. The second-order valence-electron chi connectivity index (χ2n) is 9.69. The Labute approximate surface area is 216 Å². The van der Waals surface area contributed by atoms with E-state index in [2.05, 4.69) is 24.9 Å². The van der Waals surface area contributed by atoms with Crippen LogP contribution in [-0.2, 0) is 10.0 Å². The number of hydrogen-bond acceptors (Lipinski definition) is 8. The Bertz CT molecular complexity index is 1280. The zero-order valence-corrected chi connectivity index (χ0v) is 21.7. The molecule has 2 aliphatic carbocycles. The van der Waals surface area contributed by atoms with Crippen molar-refractivity contribution in [1.29, 1.82) is 0 Å². The average Bonchev–Trinajstić information content (AvgIpc) is 3.53. The summed E-state index contributed by atoms with van der Waals surface area (Å²) < 4.78 is 29.9. The van der Waals surface area contributed by atoms with E-state index in [1.165, 1.54) is 25.0 Å². The molecule has 2 heterocycles. The van der Waals surface area contributed by atoms with Gasteiger partial charge in [-0.25, -0.2) is 18.1 Å². The van der Waals surface area contributed by atoms with E-state index >= 15 is 0 Å². The maximum Gasteiger partial charge on any atom is 0.240 e. The summed E-state index contributed by atoms with van der Waals surface area (Å²) >= 11 is 5.87. The third-order valence-corrected chi connectivity index (χ3v) is 8.81. The fourth-order valence-electron chi connectivity index (χ4n) is 5.06. The molecule has 0 amide bonds. The molecule has 2 saturated carbocycles. The van der Waals surface area contributed by atoms with Crippen LogP contribution in [-0.4, -0.2) is 53.1 Å². The summed E-state index contributed by atoms with van der Waals surface area (Å²) in [6.45, 7) is 0.524. The molecular formula is C24H33ClN8O2S. The lowest BCUT2D eigenvalue weighted by Gasteiger charge is -2.27. The van der Waals surface area contributed by atoms with Crippen LogP contribution in [0.2, 0.25) is 5.02 Å². The van der Waals surface area contributed by atoms with Crippen molar-refractivity contribution in [3.05, 3.63) is 35.6 Å². The molecule has 0 aliphatic heterocycles. The highest BCUT2D eigenvalue weighted by atomic mass is 35.5. The number of hydrogen-bond donors (Lipinski definition) is 4. The number of fused-ring (bicyclic) bond motifs is 1. The third kappa shape index (κ3) is 5.74. The highest BCUT2D eigenvalue weighted by molar-refractivity contribution is 7.89. The lowest BCUT2D eigenvalue weighted by Crippen LogP contribution is -2.33. The van der Waals surface area contributed by atoms with Crippen LogP contribution in [0.3, 0.4) is 0 Å². The number of nitrogens with two attached hydrogens (primary N) is 1. The summed E-state index contributed by atoms with van der Waals surface area (Å²) in [5, 5.41) is 7.26. The van der Waals surface area contributed by atoms with Crippen LogP contribution in [0, 0.1) is 0 Å². The van der Waals surface area contributed by atoms with Gasteiger partial charge in [0.15, 0.2) is 17.0 Å². The minimum atomic E-state index is -3.64. The van der Waals surface area contributed by atoms with Gasteiger partial charge in [0, 0.05) is 36.2 Å². The molecule has 36 heavy (non-hydrogen) atoms. The predicted molar refractivity (Wildman–Crippen MR) is 142 cm³/mol. The highest BCUT2D eigenvalue weighted by Crippen LogP contribution is 2.33. The molecular weight excluding hydrogens is 500 g/mol. The van der Waals surface area contributed by atoms with Gasteiger partial charge in [0.1, 0.15) is 0 Å². The SMILES string of the molecule is N[C@H]1CC[C@H](Nc2nc(NCCNS(=O)(=O)c3ccc(Cl)cc3)c3ncn(C4CCCC4)c3n2)CC1. The highest BCUT2D eigenvalue weighted by Gasteiger charge is 2.24. The van der Waals surface area contributed by atoms with E-state index in [0.29, 0.717) is 34.9 Å². The van der Waals surface area contributed by atoms with Crippen molar-refractivity contribution in [2.75, 3.05) is 23.7 Å². The molecule has 12 heteroatoms. The maximum atomic E-state index is 12.6. The molecule has 1 aromatic carbocycles. The Morgan fingerprint density at radius 2 is 1.72 bits per heavy atom. The topological polar surface area (TPSA) is 140 Å². The summed E-state index contributed by atoms with van der Waals surface area (Å²) in [7, 11) is -3.64. The fraction of sp³-hybridized carbons (Fsp3) is 0.542. The molecule has 5 N–H and O–H groups in total. The van der Waals surface area contributed by atoms with E-state index < -0.39 is 10.0 Å². The Hall–Kier alpha value is -2.47. The molecule has 0 atom stereocenters. The molecule has 5 rings (SSSR count). The molecule has 0 bridgehead atoms. The van der Waals surface area contributed by atoms with E-state index in [1.807, 2.05) is 6.33 Å². The third-order valence-electron chi connectivity index (χ3n) is 7.08. The summed E-state index contributed by atoms with van der Waals surface area (Å²) in [4.78, 5) is 14.4. The molecule has 0 spiro atoms. The van der Waals surface area contributed by atoms with Gasteiger partial charge >= 0.3 is 0 Å². The lowest BCUT2D eigenvalue weighted by atomic mass is 9.92. The number of anilines is 2. The largest absolute Gasteiger partial charge is 0.367 e. The quantitative estimate of drug-likeness (QED) is 0.306. The molecule has 0 unspecified atom stereocenters. The lowest BCUT2D eigenvalue weighted by molar-refractivity contribution is 0.410. The summed E-state index contributed by atoms with van der Waals surface area (Å²) in [5.74, 6) is 1.16. The summed E-state index contributed by atoms with van der Waals surface area (Å²) in [6.07, 6.45) is 10.5. The van der Waals surface area contributed by atoms with Crippen LogP contribution in [0.15, 0.2) is 35.5 Å². The van der Waals surface area contributed by atoms with Crippen molar-refractivity contribution in [3.8, 4) is 0 Å². The van der Waals surface area contributed by atoms with Gasteiger partial charge in [-0.1, -0.05) is 24.4 Å². The van der Waals surface area contributed by atoms with Crippen LogP contribution in [0.25, 0.3) is 11.2 Å². The van der Waals surface area contributed by atoms with Gasteiger partial charge < -0.3 is 20.9 Å². The first-order valence-electron chi connectivity index (χ1n) is 12.6. The smallest absolute Gasteiger partial charge is 0.240 e. The average molecular weight is 533 g/mol. The van der Waals surface area contributed by atoms with Crippen molar-refractivity contribution in [2.24, 2.45) is 5.73 Å². The van der Waals surface area contributed by atoms with Gasteiger partial charge in [-0.05, 0) is 62.8 Å². The Kier molecular flexibility index (Phi) is 7.61. The van der Waals surface area contributed by atoms with Crippen LogP contribution in [0.5, 0.6) is 0 Å². The molecule has 194 valence electrons. The molecule has 2 aromatic heterocycles. The van der Waals surface area contributed by atoms with Gasteiger partial charge in [-0.3, -0.25) is 0 Å². The van der Waals surface area contributed by atoms with Crippen LogP contribution in [0.1, 0.15) is 57.4 Å².